The smallest absolute Gasteiger partial charge is 0.166 e. The quantitative estimate of drug-likeness (QED) is 0.707. The van der Waals surface area contributed by atoms with Gasteiger partial charge in [-0.05, 0) is 12.8 Å². The minimum absolute atomic E-state index is 0.0840. The summed E-state index contributed by atoms with van der Waals surface area (Å²) in [7, 11) is -0.633. The fraction of sp³-hybridized carbons (Fsp3) is 1.00. The summed E-state index contributed by atoms with van der Waals surface area (Å²) in [6, 6.07) is 0. The Kier molecular flexibility index (Phi) is 3.94. The van der Waals surface area contributed by atoms with E-state index < -0.39 is 9.84 Å². The van der Waals surface area contributed by atoms with Crippen LogP contribution < -0.4 is 5.09 Å². The van der Waals surface area contributed by atoms with E-state index in [1.165, 1.54) is 6.42 Å². The van der Waals surface area contributed by atoms with E-state index in [4.69, 9.17) is 0 Å². The van der Waals surface area contributed by atoms with Crippen LogP contribution in [0.4, 0.5) is 0 Å². The molecule has 5 heteroatoms. The van der Waals surface area contributed by atoms with Gasteiger partial charge in [0.15, 0.2) is 9.84 Å². The third kappa shape index (κ3) is 2.68. The van der Waals surface area contributed by atoms with Crippen molar-refractivity contribution in [3.63, 3.8) is 0 Å². The third-order valence-corrected chi connectivity index (χ3v) is 4.90. The zero-order valence-electron chi connectivity index (χ0n) is 7.12. The molecule has 0 aromatic carbocycles. The van der Waals surface area contributed by atoms with Gasteiger partial charge in [0.05, 0.1) is 5.25 Å². The van der Waals surface area contributed by atoms with Gasteiger partial charge in [-0.25, -0.2) is 8.42 Å². The summed E-state index contributed by atoms with van der Waals surface area (Å²) in [5.74, 6) is 0.0995. The standard InChI is InChI=1S/C7H16NO2PS/c9-12(10,6-8-11)7-4-2-1-3-5-7/h7-8H,1-6,11H2. The first kappa shape index (κ1) is 10.4. The zero-order chi connectivity index (χ0) is 9.03. The molecule has 1 atom stereocenters. The van der Waals surface area contributed by atoms with Crippen LogP contribution in [0.2, 0.25) is 0 Å². The van der Waals surface area contributed by atoms with Gasteiger partial charge in [-0.2, -0.15) is 0 Å². The highest BCUT2D eigenvalue weighted by Crippen LogP contribution is 2.23. The lowest BCUT2D eigenvalue weighted by Crippen LogP contribution is -2.29. The molecule has 0 heterocycles. The first-order valence-corrected chi connectivity index (χ1v) is 6.61. The Morgan fingerprint density at radius 3 is 2.33 bits per heavy atom. The van der Waals surface area contributed by atoms with Crippen LogP contribution in [-0.4, -0.2) is 19.5 Å². The van der Waals surface area contributed by atoms with Crippen LogP contribution >= 0.6 is 9.39 Å². The number of hydrogen-bond acceptors (Lipinski definition) is 3. The Morgan fingerprint density at radius 1 is 1.25 bits per heavy atom. The van der Waals surface area contributed by atoms with Gasteiger partial charge in [-0.3, -0.25) is 5.09 Å². The molecule has 1 fully saturated rings. The normalized spacial score (nSPS) is 21.1. The number of rotatable bonds is 3. The lowest BCUT2D eigenvalue weighted by atomic mass is 10.0. The highest BCUT2D eigenvalue weighted by Gasteiger charge is 2.25. The summed E-state index contributed by atoms with van der Waals surface area (Å²) in [4.78, 5) is 0. The predicted octanol–water partition coefficient (Wildman–Crippen LogP) is 1.07. The van der Waals surface area contributed by atoms with E-state index >= 15 is 0 Å². The molecule has 72 valence electrons. The predicted molar refractivity (Wildman–Crippen MR) is 53.5 cm³/mol. The topological polar surface area (TPSA) is 46.2 Å². The first-order chi connectivity index (χ1) is 5.67. The van der Waals surface area contributed by atoms with E-state index in [2.05, 4.69) is 14.5 Å². The number of sulfone groups is 1. The highest BCUT2D eigenvalue weighted by atomic mass is 32.2. The largest absolute Gasteiger partial charge is 0.287 e. The SMILES string of the molecule is O=S(=O)(CNP)C1CCCCC1. The molecule has 0 aliphatic heterocycles. The first-order valence-electron chi connectivity index (χ1n) is 4.32. The Hall–Kier alpha value is 0.340. The maximum absolute atomic E-state index is 11.5. The van der Waals surface area contributed by atoms with E-state index in [-0.39, 0.29) is 11.1 Å². The Labute approximate surface area is 76.5 Å². The number of hydrogen-bond donors (Lipinski definition) is 1. The molecule has 12 heavy (non-hydrogen) atoms. The van der Waals surface area contributed by atoms with Crippen LogP contribution in [0.25, 0.3) is 0 Å². The molecule has 0 aromatic heterocycles. The Bertz CT molecular complexity index is 222. The van der Waals surface area contributed by atoms with Crippen molar-refractivity contribution in [2.24, 2.45) is 0 Å². The van der Waals surface area contributed by atoms with Gasteiger partial charge in [0.1, 0.15) is 5.88 Å². The van der Waals surface area contributed by atoms with Gasteiger partial charge >= 0.3 is 0 Å². The van der Waals surface area contributed by atoms with Crippen molar-refractivity contribution in [2.45, 2.75) is 37.4 Å². The van der Waals surface area contributed by atoms with Crippen LogP contribution in [0.1, 0.15) is 32.1 Å². The lowest BCUT2D eigenvalue weighted by molar-refractivity contribution is 0.483. The van der Waals surface area contributed by atoms with Crippen molar-refractivity contribution < 1.29 is 8.42 Å². The maximum atomic E-state index is 11.5. The second-order valence-corrected chi connectivity index (χ2v) is 5.96. The fourth-order valence-electron chi connectivity index (χ4n) is 1.66. The summed E-state index contributed by atoms with van der Waals surface area (Å²) in [5, 5.41) is 2.55. The molecule has 0 saturated heterocycles. The molecule has 1 unspecified atom stereocenters. The molecular weight excluding hydrogens is 193 g/mol. The monoisotopic (exact) mass is 209 g/mol. The minimum Gasteiger partial charge on any atom is -0.287 e. The molecule has 1 aliphatic carbocycles. The number of nitrogens with one attached hydrogen (secondary N) is 1. The molecule has 1 saturated carbocycles. The lowest BCUT2D eigenvalue weighted by Gasteiger charge is -2.21. The summed E-state index contributed by atoms with van der Waals surface area (Å²) in [6.07, 6.45) is 5.05. The third-order valence-electron chi connectivity index (χ3n) is 2.34. The fourth-order valence-corrected chi connectivity index (χ4v) is 3.87. The summed E-state index contributed by atoms with van der Waals surface area (Å²) in [6.45, 7) is 0. The second-order valence-electron chi connectivity index (χ2n) is 3.27. The maximum Gasteiger partial charge on any atom is 0.166 e. The molecule has 0 radical (unpaired) electrons. The van der Waals surface area contributed by atoms with Crippen LogP contribution in [0, 0.1) is 0 Å². The van der Waals surface area contributed by atoms with Gasteiger partial charge in [-0.1, -0.05) is 28.7 Å². The molecule has 0 spiro atoms. The molecule has 0 bridgehead atoms. The van der Waals surface area contributed by atoms with Crippen LogP contribution in [0.5, 0.6) is 0 Å². The average Bonchev–Trinajstić information content (AvgIpc) is 2.06. The van der Waals surface area contributed by atoms with Crippen molar-refractivity contribution in [1.82, 2.24) is 5.09 Å². The van der Waals surface area contributed by atoms with E-state index in [0.29, 0.717) is 0 Å². The minimum atomic E-state index is -2.87. The van der Waals surface area contributed by atoms with Gasteiger partial charge < -0.3 is 0 Å². The van der Waals surface area contributed by atoms with Gasteiger partial charge in [-0.15, -0.1) is 0 Å². The van der Waals surface area contributed by atoms with Crippen molar-refractivity contribution in [1.29, 1.82) is 0 Å². The summed E-state index contributed by atoms with van der Waals surface area (Å²) < 4.78 is 23.0. The molecule has 1 N–H and O–H groups in total. The van der Waals surface area contributed by atoms with Gasteiger partial charge in [0.25, 0.3) is 0 Å². The van der Waals surface area contributed by atoms with Gasteiger partial charge in [0, 0.05) is 0 Å². The zero-order valence-corrected chi connectivity index (χ0v) is 9.09. The van der Waals surface area contributed by atoms with E-state index in [0.717, 1.165) is 25.7 Å². The molecule has 1 aliphatic rings. The van der Waals surface area contributed by atoms with Crippen molar-refractivity contribution >= 4 is 19.2 Å². The van der Waals surface area contributed by atoms with Crippen LogP contribution in [0.15, 0.2) is 0 Å². The van der Waals surface area contributed by atoms with E-state index in [1.54, 1.807) is 0 Å². The summed E-state index contributed by atoms with van der Waals surface area (Å²) >= 11 is 0. The molecule has 1 rings (SSSR count). The molecule has 0 aromatic rings. The van der Waals surface area contributed by atoms with Crippen molar-refractivity contribution in [2.75, 3.05) is 5.88 Å². The van der Waals surface area contributed by atoms with Crippen molar-refractivity contribution in [3.05, 3.63) is 0 Å². The van der Waals surface area contributed by atoms with E-state index in [1.807, 2.05) is 0 Å². The Balaban J connectivity index is 2.54. The van der Waals surface area contributed by atoms with Crippen LogP contribution in [0.3, 0.4) is 0 Å². The highest BCUT2D eigenvalue weighted by molar-refractivity contribution is 7.92. The molecule has 3 nitrogen and oxygen atoms in total. The molecular formula is C7H16NO2PS. The Morgan fingerprint density at radius 2 is 1.83 bits per heavy atom. The van der Waals surface area contributed by atoms with Crippen LogP contribution in [-0.2, 0) is 9.84 Å². The van der Waals surface area contributed by atoms with Crippen molar-refractivity contribution in [3.8, 4) is 0 Å². The van der Waals surface area contributed by atoms with E-state index in [9.17, 15) is 8.42 Å². The van der Waals surface area contributed by atoms with Gasteiger partial charge in [0.2, 0.25) is 0 Å². The summed E-state index contributed by atoms with van der Waals surface area (Å²) in [5.41, 5.74) is 0. The molecule has 0 amide bonds. The average molecular weight is 209 g/mol. The second kappa shape index (κ2) is 4.54.